The van der Waals surface area contributed by atoms with Gasteiger partial charge in [0.25, 0.3) is 0 Å². The number of aromatic nitrogens is 2. The Hall–Kier alpha value is -1.88. The van der Waals surface area contributed by atoms with Gasteiger partial charge in [0.1, 0.15) is 17.1 Å². The van der Waals surface area contributed by atoms with Crippen LogP contribution in [0.25, 0.3) is 0 Å². The molecule has 0 unspecified atom stereocenters. The van der Waals surface area contributed by atoms with Crippen LogP contribution in [-0.2, 0) is 13.1 Å². The van der Waals surface area contributed by atoms with Crippen molar-refractivity contribution in [3.8, 4) is 5.75 Å². The van der Waals surface area contributed by atoms with E-state index in [1.54, 1.807) is 7.11 Å². The summed E-state index contributed by atoms with van der Waals surface area (Å²) in [5.74, 6) is 0.864. The van der Waals surface area contributed by atoms with Crippen LogP contribution in [0.4, 0.5) is 0 Å². The fraction of sp³-hybridized carbons (Fsp3) is 0.333. The summed E-state index contributed by atoms with van der Waals surface area (Å²) in [4.78, 5) is 0. The van der Waals surface area contributed by atoms with Gasteiger partial charge in [0, 0.05) is 13.1 Å². The Labute approximate surface area is 99.7 Å². The third-order valence-electron chi connectivity index (χ3n) is 2.50. The van der Waals surface area contributed by atoms with Crippen molar-refractivity contribution in [2.75, 3.05) is 7.11 Å². The lowest BCUT2D eigenvalue weighted by Crippen LogP contribution is -2.13. The van der Waals surface area contributed by atoms with Crippen molar-refractivity contribution in [3.63, 3.8) is 0 Å². The first kappa shape index (κ1) is 11.6. The molecule has 0 saturated heterocycles. The van der Waals surface area contributed by atoms with Gasteiger partial charge in [-0.3, -0.25) is 0 Å². The topological polar surface area (TPSA) is 60.2 Å². The Kier molecular flexibility index (Phi) is 3.72. The first-order chi connectivity index (χ1) is 8.29. The lowest BCUT2D eigenvalue weighted by molar-refractivity contribution is 0.300. The zero-order valence-electron chi connectivity index (χ0n) is 9.93. The summed E-state index contributed by atoms with van der Waals surface area (Å²) >= 11 is 0. The van der Waals surface area contributed by atoms with E-state index in [0.29, 0.717) is 6.54 Å². The Bertz CT molecular complexity index is 482. The molecule has 0 saturated carbocycles. The Morgan fingerprint density at radius 1 is 1.29 bits per heavy atom. The summed E-state index contributed by atoms with van der Waals surface area (Å²) in [5.41, 5.74) is 2.83. The molecule has 0 fully saturated rings. The summed E-state index contributed by atoms with van der Waals surface area (Å²) in [5, 5.41) is 10.8. The minimum Gasteiger partial charge on any atom is -0.497 e. The van der Waals surface area contributed by atoms with Crippen LogP contribution in [-0.4, -0.2) is 17.4 Å². The molecule has 17 heavy (non-hydrogen) atoms. The molecule has 5 nitrogen and oxygen atoms in total. The zero-order valence-corrected chi connectivity index (χ0v) is 9.93. The average molecular weight is 233 g/mol. The van der Waals surface area contributed by atoms with Crippen molar-refractivity contribution < 1.29 is 9.37 Å². The van der Waals surface area contributed by atoms with E-state index in [1.807, 2.05) is 31.2 Å². The van der Waals surface area contributed by atoms with Crippen molar-refractivity contribution in [1.29, 1.82) is 0 Å². The molecule has 5 heteroatoms. The molecule has 0 aliphatic rings. The van der Waals surface area contributed by atoms with Crippen LogP contribution in [0.3, 0.4) is 0 Å². The van der Waals surface area contributed by atoms with Gasteiger partial charge in [-0.1, -0.05) is 22.4 Å². The highest BCUT2D eigenvalue weighted by molar-refractivity contribution is 5.28. The van der Waals surface area contributed by atoms with E-state index in [9.17, 15) is 0 Å². The quantitative estimate of drug-likeness (QED) is 0.851. The van der Waals surface area contributed by atoms with Gasteiger partial charge >= 0.3 is 0 Å². The van der Waals surface area contributed by atoms with Crippen molar-refractivity contribution in [2.45, 2.75) is 20.0 Å². The third-order valence-corrected chi connectivity index (χ3v) is 2.50. The number of aryl methyl sites for hydroxylation is 1. The monoisotopic (exact) mass is 233 g/mol. The molecule has 1 aromatic carbocycles. The van der Waals surface area contributed by atoms with Crippen molar-refractivity contribution in [3.05, 3.63) is 41.2 Å². The van der Waals surface area contributed by atoms with Gasteiger partial charge in [-0.25, -0.2) is 4.63 Å². The highest BCUT2D eigenvalue weighted by Crippen LogP contribution is 2.12. The minimum absolute atomic E-state index is 0.645. The molecule has 1 heterocycles. The molecule has 2 rings (SSSR count). The first-order valence-electron chi connectivity index (χ1n) is 5.41. The molecular weight excluding hydrogens is 218 g/mol. The first-order valence-corrected chi connectivity index (χ1v) is 5.41. The summed E-state index contributed by atoms with van der Waals surface area (Å²) in [6.07, 6.45) is 0. The molecule has 1 aromatic heterocycles. The van der Waals surface area contributed by atoms with Crippen LogP contribution in [0.15, 0.2) is 28.9 Å². The number of hydrogen-bond acceptors (Lipinski definition) is 5. The van der Waals surface area contributed by atoms with Crippen LogP contribution >= 0.6 is 0 Å². The maximum absolute atomic E-state index is 5.16. The molecular formula is C12H15N3O2. The van der Waals surface area contributed by atoms with Crippen LogP contribution in [0.5, 0.6) is 5.75 Å². The highest BCUT2D eigenvalue weighted by atomic mass is 16.6. The van der Waals surface area contributed by atoms with E-state index >= 15 is 0 Å². The van der Waals surface area contributed by atoms with Crippen LogP contribution in [0.1, 0.15) is 17.0 Å². The SMILES string of the molecule is COc1cccc(CNCc2nonc2C)c1. The third kappa shape index (κ3) is 3.04. The molecule has 0 amide bonds. The number of rotatable bonds is 5. The van der Waals surface area contributed by atoms with E-state index < -0.39 is 0 Å². The second-order valence-electron chi connectivity index (χ2n) is 3.75. The molecule has 0 aliphatic carbocycles. The molecule has 1 N–H and O–H groups in total. The van der Waals surface area contributed by atoms with Gasteiger partial charge in [0.05, 0.1) is 7.11 Å². The summed E-state index contributed by atoms with van der Waals surface area (Å²) < 4.78 is 9.79. The molecule has 0 bridgehead atoms. The second kappa shape index (κ2) is 5.45. The van der Waals surface area contributed by atoms with Crippen LogP contribution in [0, 0.1) is 6.92 Å². The summed E-state index contributed by atoms with van der Waals surface area (Å²) in [7, 11) is 1.66. The second-order valence-corrected chi connectivity index (χ2v) is 3.75. The van der Waals surface area contributed by atoms with Crippen LogP contribution < -0.4 is 10.1 Å². The van der Waals surface area contributed by atoms with E-state index in [-0.39, 0.29) is 0 Å². The number of benzene rings is 1. The number of nitrogens with one attached hydrogen (secondary N) is 1. The van der Waals surface area contributed by atoms with E-state index in [0.717, 1.165) is 23.7 Å². The zero-order chi connectivity index (χ0) is 12.1. The van der Waals surface area contributed by atoms with Gasteiger partial charge in [-0.15, -0.1) is 0 Å². The number of methoxy groups -OCH3 is 1. The van der Waals surface area contributed by atoms with Crippen molar-refractivity contribution >= 4 is 0 Å². The number of ether oxygens (including phenoxy) is 1. The smallest absolute Gasteiger partial charge is 0.121 e. The fourth-order valence-corrected chi connectivity index (χ4v) is 1.52. The van der Waals surface area contributed by atoms with E-state index in [2.05, 4.69) is 20.3 Å². The summed E-state index contributed by atoms with van der Waals surface area (Å²) in [6, 6.07) is 7.94. The molecule has 0 aliphatic heterocycles. The predicted molar refractivity (Wildman–Crippen MR) is 62.6 cm³/mol. The fourth-order valence-electron chi connectivity index (χ4n) is 1.52. The van der Waals surface area contributed by atoms with Gasteiger partial charge in [-0.2, -0.15) is 0 Å². The normalized spacial score (nSPS) is 10.5. The Balaban J connectivity index is 1.87. The standard InChI is InChI=1S/C12H15N3O2/c1-9-12(15-17-14-9)8-13-7-10-4-3-5-11(6-10)16-2/h3-6,13H,7-8H2,1-2H3. The summed E-state index contributed by atoms with van der Waals surface area (Å²) in [6.45, 7) is 3.27. The largest absolute Gasteiger partial charge is 0.497 e. The number of hydrogen-bond donors (Lipinski definition) is 1. The van der Waals surface area contributed by atoms with E-state index in [1.165, 1.54) is 5.56 Å². The van der Waals surface area contributed by atoms with Crippen molar-refractivity contribution in [1.82, 2.24) is 15.6 Å². The molecule has 90 valence electrons. The lowest BCUT2D eigenvalue weighted by Gasteiger charge is -2.05. The number of nitrogens with zero attached hydrogens (tertiary/aromatic N) is 2. The maximum atomic E-state index is 5.16. The van der Waals surface area contributed by atoms with Gasteiger partial charge in [0.2, 0.25) is 0 Å². The van der Waals surface area contributed by atoms with Crippen LogP contribution in [0.2, 0.25) is 0 Å². The lowest BCUT2D eigenvalue weighted by atomic mass is 10.2. The predicted octanol–water partition coefficient (Wildman–Crippen LogP) is 1.68. The maximum Gasteiger partial charge on any atom is 0.121 e. The molecule has 2 aromatic rings. The molecule has 0 radical (unpaired) electrons. The van der Waals surface area contributed by atoms with Gasteiger partial charge < -0.3 is 10.1 Å². The average Bonchev–Trinajstić information content (AvgIpc) is 2.76. The molecule has 0 spiro atoms. The Morgan fingerprint density at radius 2 is 2.18 bits per heavy atom. The highest BCUT2D eigenvalue weighted by Gasteiger charge is 2.04. The Morgan fingerprint density at radius 3 is 2.88 bits per heavy atom. The minimum atomic E-state index is 0.645. The molecule has 0 atom stereocenters. The van der Waals surface area contributed by atoms with Crippen molar-refractivity contribution in [2.24, 2.45) is 0 Å². The van der Waals surface area contributed by atoms with E-state index in [4.69, 9.17) is 4.74 Å². The van der Waals surface area contributed by atoms with Gasteiger partial charge in [0.15, 0.2) is 0 Å². The van der Waals surface area contributed by atoms with Gasteiger partial charge in [-0.05, 0) is 24.6 Å².